The smallest absolute Gasteiger partial charge is 0.308 e. The first kappa shape index (κ1) is 14.0. The van der Waals surface area contributed by atoms with E-state index >= 15 is 0 Å². The summed E-state index contributed by atoms with van der Waals surface area (Å²) in [4.78, 5) is 16.0. The Labute approximate surface area is 123 Å². The number of methoxy groups -OCH3 is 1. The van der Waals surface area contributed by atoms with Crippen molar-refractivity contribution >= 4 is 17.3 Å². The van der Waals surface area contributed by atoms with Crippen molar-refractivity contribution in [2.24, 2.45) is 17.8 Å². The summed E-state index contributed by atoms with van der Waals surface area (Å²) in [6.07, 6.45) is 7.35. The summed E-state index contributed by atoms with van der Waals surface area (Å²) in [6.45, 7) is 0. The Hall–Kier alpha value is -0.940. The molecule has 2 fully saturated rings. The molecular weight excluding hydrogens is 274 g/mol. The van der Waals surface area contributed by atoms with Crippen LogP contribution in [-0.4, -0.2) is 23.2 Å². The van der Waals surface area contributed by atoms with Crippen molar-refractivity contribution in [3.05, 3.63) is 16.6 Å². The van der Waals surface area contributed by atoms with Crippen LogP contribution < -0.4 is 0 Å². The molecule has 2 aliphatic rings. The van der Waals surface area contributed by atoms with Crippen molar-refractivity contribution < 1.29 is 14.6 Å². The van der Waals surface area contributed by atoms with E-state index in [-0.39, 0.29) is 17.8 Å². The maximum Gasteiger partial charge on any atom is 0.308 e. The van der Waals surface area contributed by atoms with Gasteiger partial charge < -0.3 is 9.84 Å². The molecule has 0 aromatic carbocycles. The highest BCUT2D eigenvalue weighted by molar-refractivity contribution is 7.09. The van der Waals surface area contributed by atoms with Gasteiger partial charge in [0.1, 0.15) is 10.6 Å². The summed E-state index contributed by atoms with van der Waals surface area (Å²) < 4.78 is 4.83. The molecule has 5 heteroatoms. The van der Waals surface area contributed by atoms with Crippen LogP contribution in [-0.2, 0) is 15.1 Å². The van der Waals surface area contributed by atoms with Crippen LogP contribution in [0, 0.1) is 17.8 Å². The molecule has 0 bridgehead atoms. The first-order valence-electron chi connectivity index (χ1n) is 7.36. The Balaban J connectivity index is 1.73. The van der Waals surface area contributed by atoms with Crippen molar-refractivity contribution in [3.63, 3.8) is 0 Å². The lowest BCUT2D eigenvalue weighted by Crippen LogP contribution is -2.40. The van der Waals surface area contributed by atoms with Crippen LogP contribution in [0.1, 0.15) is 43.5 Å². The molecule has 1 aromatic rings. The number of carbonyl (C=O) groups excluding carboxylic acids is 1. The molecule has 2 saturated carbocycles. The first-order chi connectivity index (χ1) is 9.66. The van der Waals surface area contributed by atoms with Crippen molar-refractivity contribution in [2.75, 3.05) is 7.11 Å². The van der Waals surface area contributed by atoms with Crippen molar-refractivity contribution in [1.82, 2.24) is 4.98 Å². The zero-order valence-corrected chi connectivity index (χ0v) is 12.6. The quantitative estimate of drug-likeness (QED) is 0.868. The molecule has 110 valence electrons. The third kappa shape index (κ3) is 2.37. The summed E-state index contributed by atoms with van der Waals surface area (Å²) >= 11 is 1.55. The lowest BCUT2D eigenvalue weighted by atomic mass is 9.71. The average Bonchev–Trinajstić information content (AvgIpc) is 3.21. The average molecular weight is 295 g/mol. The Kier molecular flexibility index (Phi) is 3.82. The molecule has 1 unspecified atom stereocenters. The van der Waals surface area contributed by atoms with E-state index in [4.69, 9.17) is 4.74 Å². The highest BCUT2D eigenvalue weighted by Gasteiger charge is 2.52. The van der Waals surface area contributed by atoms with Crippen LogP contribution in [0.2, 0.25) is 0 Å². The van der Waals surface area contributed by atoms with Gasteiger partial charge in [-0.1, -0.05) is 0 Å². The van der Waals surface area contributed by atoms with E-state index in [1.165, 1.54) is 7.11 Å². The molecule has 0 spiro atoms. The zero-order valence-electron chi connectivity index (χ0n) is 11.7. The number of thiazole rings is 1. The van der Waals surface area contributed by atoms with E-state index in [1.807, 2.05) is 5.38 Å². The Morgan fingerprint density at radius 1 is 1.30 bits per heavy atom. The molecule has 1 aromatic heterocycles. The summed E-state index contributed by atoms with van der Waals surface area (Å²) in [6, 6.07) is 0. The van der Waals surface area contributed by atoms with Crippen LogP contribution in [0.4, 0.5) is 0 Å². The van der Waals surface area contributed by atoms with Gasteiger partial charge in [-0.05, 0) is 50.4 Å². The van der Waals surface area contributed by atoms with E-state index in [0.29, 0.717) is 5.92 Å². The Morgan fingerprint density at radius 2 is 1.90 bits per heavy atom. The van der Waals surface area contributed by atoms with Gasteiger partial charge in [-0.15, -0.1) is 11.3 Å². The summed E-state index contributed by atoms with van der Waals surface area (Å²) in [5.41, 5.74) is -0.769. The van der Waals surface area contributed by atoms with Crippen LogP contribution in [0.15, 0.2) is 11.6 Å². The van der Waals surface area contributed by atoms with Crippen LogP contribution in [0.3, 0.4) is 0 Å². The zero-order chi connectivity index (χ0) is 14.2. The Bertz CT molecular complexity index is 463. The maximum absolute atomic E-state index is 11.6. The molecule has 0 radical (unpaired) electrons. The van der Waals surface area contributed by atoms with E-state index < -0.39 is 5.60 Å². The number of hydrogen-bond donors (Lipinski definition) is 1. The molecular formula is C15H21NO3S. The molecule has 2 aliphatic carbocycles. The largest absolute Gasteiger partial charge is 0.469 e. The minimum Gasteiger partial charge on any atom is -0.469 e. The lowest BCUT2D eigenvalue weighted by molar-refractivity contribution is -0.148. The Morgan fingerprint density at radius 3 is 2.35 bits per heavy atom. The molecule has 0 saturated heterocycles. The van der Waals surface area contributed by atoms with Crippen LogP contribution >= 0.6 is 11.3 Å². The fraction of sp³-hybridized carbons (Fsp3) is 0.733. The van der Waals surface area contributed by atoms with E-state index in [1.54, 1.807) is 17.5 Å². The SMILES string of the molecule is COC(=O)C1CCC(C(O)(c2nccs2)C2CC2)CC1. The molecule has 1 heterocycles. The molecule has 1 atom stereocenters. The second kappa shape index (κ2) is 5.45. The van der Waals surface area contributed by atoms with Gasteiger partial charge in [0.25, 0.3) is 0 Å². The van der Waals surface area contributed by atoms with Gasteiger partial charge in [-0.3, -0.25) is 4.79 Å². The van der Waals surface area contributed by atoms with Gasteiger partial charge in [0.2, 0.25) is 0 Å². The molecule has 3 rings (SSSR count). The van der Waals surface area contributed by atoms with Crippen molar-refractivity contribution in [1.29, 1.82) is 0 Å². The fourth-order valence-corrected chi connectivity index (χ4v) is 4.46. The number of esters is 1. The highest BCUT2D eigenvalue weighted by Crippen LogP contribution is 2.54. The topological polar surface area (TPSA) is 59.4 Å². The second-order valence-electron chi connectivity index (χ2n) is 6.01. The third-order valence-corrected chi connectivity index (χ3v) is 5.77. The van der Waals surface area contributed by atoms with Gasteiger partial charge in [-0.2, -0.15) is 0 Å². The predicted octanol–water partition coefficient (Wildman–Crippen LogP) is 2.72. The van der Waals surface area contributed by atoms with Crippen molar-refractivity contribution in [2.45, 2.75) is 44.1 Å². The predicted molar refractivity (Wildman–Crippen MR) is 76.2 cm³/mol. The van der Waals surface area contributed by atoms with Crippen LogP contribution in [0.5, 0.6) is 0 Å². The monoisotopic (exact) mass is 295 g/mol. The summed E-state index contributed by atoms with van der Waals surface area (Å²) in [5.74, 6) is 0.485. The number of aliphatic hydroxyl groups is 1. The lowest BCUT2D eigenvalue weighted by Gasteiger charge is -2.39. The number of rotatable bonds is 4. The fourth-order valence-electron chi connectivity index (χ4n) is 3.56. The summed E-state index contributed by atoms with van der Waals surface area (Å²) in [7, 11) is 1.45. The van der Waals surface area contributed by atoms with Gasteiger partial charge in [0.05, 0.1) is 13.0 Å². The number of ether oxygens (including phenoxy) is 1. The normalized spacial score (nSPS) is 29.7. The maximum atomic E-state index is 11.6. The van der Waals surface area contributed by atoms with E-state index in [2.05, 4.69) is 4.98 Å². The van der Waals surface area contributed by atoms with E-state index in [9.17, 15) is 9.90 Å². The highest BCUT2D eigenvalue weighted by atomic mass is 32.1. The molecule has 0 amide bonds. The van der Waals surface area contributed by atoms with E-state index in [0.717, 1.165) is 43.5 Å². The molecule has 1 N–H and O–H groups in total. The van der Waals surface area contributed by atoms with Crippen molar-refractivity contribution in [3.8, 4) is 0 Å². The number of aromatic nitrogens is 1. The second-order valence-corrected chi connectivity index (χ2v) is 6.90. The number of hydrogen-bond acceptors (Lipinski definition) is 5. The summed E-state index contributed by atoms with van der Waals surface area (Å²) in [5, 5.41) is 14.0. The van der Waals surface area contributed by atoms with Gasteiger partial charge in [-0.25, -0.2) is 4.98 Å². The first-order valence-corrected chi connectivity index (χ1v) is 8.24. The number of carbonyl (C=O) groups is 1. The van der Waals surface area contributed by atoms with Gasteiger partial charge in [0.15, 0.2) is 0 Å². The van der Waals surface area contributed by atoms with Crippen LogP contribution in [0.25, 0.3) is 0 Å². The standard InChI is InChI=1S/C15H21NO3S/c1-19-13(17)10-2-4-11(5-3-10)15(18,12-6-7-12)14-16-8-9-20-14/h8-12,18H,2-7H2,1H3. The molecule has 4 nitrogen and oxygen atoms in total. The number of nitrogens with zero attached hydrogens (tertiary/aromatic N) is 1. The molecule has 0 aliphatic heterocycles. The van der Waals surface area contributed by atoms with Gasteiger partial charge in [0, 0.05) is 11.6 Å². The molecule has 20 heavy (non-hydrogen) atoms. The minimum atomic E-state index is -0.769. The van der Waals surface area contributed by atoms with Gasteiger partial charge >= 0.3 is 5.97 Å². The minimum absolute atomic E-state index is 0.0102. The third-order valence-electron chi connectivity index (χ3n) is 4.86.